The van der Waals surface area contributed by atoms with Gasteiger partial charge in [0.15, 0.2) is 17.5 Å². The molecule has 0 aliphatic carbocycles. The van der Waals surface area contributed by atoms with E-state index in [1.165, 1.54) is 18.3 Å². The summed E-state index contributed by atoms with van der Waals surface area (Å²) in [7, 11) is 0. The molecule has 1 aromatic carbocycles. The molecule has 0 radical (unpaired) electrons. The van der Waals surface area contributed by atoms with E-state index in [4.69, 9.17) is 4.74 Å². The normalized spacial score (nSPS) is 10.4. The highest BCUT2D eigenvalue weighted by Crippen LogP contribution is 2.24. The van der Waals surface area contributed by atoms with E-state index >= 15 is 0 Å². The summed E-state index contributed by atoms with van der Waals surface area (Å²) >= 11 is 0. The summed E-state index contributed by atoms with van der Waals surface area (Å²) in [5, 5.41) is 0. The maximum absolute atomic E-state index is 13.5. The quantitative estimate of drug-likeness (QED) is 0.828. The van der Waals surface area contributed by atoms with Crippen LogP contribution >= 0.6 is 0 Å². The third kappa shape index (κ3) is 2.61. The van der Waals surface area contributed by atoms with Gasteiger partial charge in [-0.2, -0.15) is 0 Å². The Kier molecular flexibility index (Phi) is 3.50. The van der Waals surface area contributed by atoms with Gasteiger partial charge in [0.2, 0.25) is 0 Å². The van der Waals surface area contributed by atoms with E-state index in [2.05, 4.69) is 4.98 Å². The zero-order valence-corrected chi connectivity index (χ0v) is 9.58. The predicted molar refractivity (Wildman–Crippen MR) is 60.0 cm³/mol. The van der Waals surface area contributed by atoms with Gasteiger partial charge in [-0.25, -0.2) is 18.2 Å². The summed E-state index contributed by atoms with van der Waals surface area (Å²) in [5.41, 5.74) is 0.727. The van der Waals surface area contributed by atoms with Gasteiger partial charge in [0.25, 0.3) is 5.88 Å². The first kappa shape index (κ1) is 12.4. The van der Waals surface area contributed by atoms with Crippen molar-refractivity contribution in [2.75, 3.05) is 0 Å². The minimum Gasteiger partial charge on any atom is -0.436 e. The molecule has 94 valence electrons. The van der Waals surface area contributed by atoms with E-state index in [1.54, 1.807) is 0 Å². The molecule has 1 aromatic heterocycles. The maximum atomic E-state index is 13.5. The second-order valence-corrected chi connectivity index (χ2v) is 3.66. The van der Waals surface area contributed by atoms with Gasteiger partial charge in [-0.3, -0.25) is 0 Å². The Bertz CT molecular complexity index is 572. The number of rotatable bonds is 3. The molecule has 0 spiro atoms. The highest BCUT2D eigenvalue weighted by atomic mass is 19.2. The monoisotopic (exact) mass is 253 g/mol. The van der Waals surface area contributed by atoms with Crippen LogP contribution in [0.5, 0.6) is 11.6 Å². The highest BCUT2D eigenvalue weighted by Gasteiger charge is 2.09. The molecule has 1 heterocycles. The van der Waals surface area contributed by atoms with Crippen molar-refractivity contribution in [2.45, 2.75) is 13.3 Å². The standard InChI is InChI=1S/C13H10F3NO/c1-2-8-5-12(16)13(17-7-8)18-9-3-4-10(14)11(15)6-9/h3-7H,2H2,1H3. The lowest BCUT2D eigenvalue weighted by Crippen LogP contribution is -1.95. The van der Waals surface area contributed by atoms with Gasteiger partial charge in [0.1, 0.15) is 5.75 Å². The fourth-order valence-electron chi connectivity index (χ4n) is 1.39. The number of pyridine rings is 1. The van der Waals surface area contributed by atoms with Crippen molar-refractivity contribution in [1.29, 1.82) is 0 Å². The molecule has 0 N–H and O–H groups in total. The summed E-state index contributed by atoms with van der Waals surface area (Å²) in [4.78, 5) is 3.78. The molecule has 0 fully saturated rings. The van der Waals surface area contributed by atoms with E-state index in [9.17, 15) is 13.2 Å². The maximum Gasteiger partial charge on any atom is 0.255 e. The number of halogens is 3. The summed E-state index contributed by atoms with van der Waals surface area (Å²) < 4.78 is 44.2. The molecule has 0 aliphatic heterocycles. The number of benzene rings is 1. The Hall–Kier alpha value is -2.04. The Labute approximate surface area is 102 Å². The van der Waals surface area contributed by atoms with Crippen molar-refractivity contribution in [1.82, 2.24) is 4.98 Å². The number of aryl methyl sites for hydroxylation is 1. The molecule has 0 saturated heterocycles. The van der Waals surface area contributed by atoms with Crippen LogP contribution in [0.1, 0.15) is 12.5 Å². The first-order chi connectivity index (χ1) is 8.60. The van der Waals surface area contributed by atoms with Gasteiger partial charge >= 0.3 is 0 Å². The van der Waals surface area contributed by atoms with Crippen molar-refractivity contribution in [3.05, 3.63) is 53.5 Å². The first-order valence-electron chi connectivity index (χ1n) is 5.37. The second-order valence-electron chi connectivity index (χ2n) is 3.66. The molecule has 0 unspecified atom stereocenters. The van der Waals surface area contributed by atoms with Crippen molar-refractivity contribution < 1.29 is 17.9 Å². The Morgan fingerprint density at radius 2 is 1.83 bits per heavy atom. The zero-order chi connectivity index (χ0) is 13.1. The van der Waals surface area contributed by atoms with Crippen molar-refractivity contribution >= 4 is 0 Å². The molecule has 5 heteroatoms. The number of hydrogen-bond acceptors (Lipinski definition) is 2. The minimum atomic E-state index is -1.06. The Morgan fingerprint density at radius 3 is 2.44 bits per heavy atom. The van der Waals surface area contributed by atoms with E-state index in [1.807, 2.05) is 6.92 Å². The van der Waals surface area contributed by atoms with Crippen LogP contribution in [0.2, 0.25) is 0 Å². The summed E-state index contributed by atoms with van der Waals surface area (Å²) in [6, 6.07) is 4.24. The molecule has 18 heavy (non-hydrogen) atoms. The van der Waals surface area contributed by atoms with Crippen LogP contribution in [-0.4, -0.2) is 4.98 Å². The summed E-state index contributed by atoms with van der Waals surface area (Å²) in [5.74, 6) is -2.96. The van der Waals surface area contributed by atoms with Crippen molar-refractivity contribution in [3.63, 3.8) is 0 Å². The van der Waals surface area contributed by atoms with Crippen LogP contribution < -0.4 is 4.74 Å². The van der Waals surface area contributed by atoms with Gasteiger partial charge in [-0.05, 0) is 30.2 Å². The van der Waals surface area contributed by atoms with E-state index in [-0.39, 0.29) is 11.6 Å². The smallest absolute Gasteiger partial charge is 0.255 e. The molecule has 2 rings (SSSR count). The third-order valence-electron chi connectivity index (χ3n) is 2.38. The fraction of sp³-hybridized carbons (Fsp3) is 0.154. The summed E-state index contributed by atoms with van der Waals surface area (Å²) in [6.45, 7) is 1.87. The molecule has 0 aliphatic rings. The summed E-state index contributed by atoms with van der Waals surface area (Å²) in [6.07, 6.45) is 2.12. The number of ether oxygens (including phenoxy) is 1. The van der Waals surface area contributed by atoms with E-state index in [0.717, 1.165) is 17.7 Å². The predicted octanol–water partition coefficient (Wildman–Crippen LogP) is 3.85. The number of nitrogens with zero attached hydrogens (tertiary/aromatic N) is 1. The van der Waals surface area contributed by atoms with Crippen LogP contribution in [0.25, 0.3) is 0 Å². The van der Waals surface area contributed by atoms with Gasteiger partial charge in [0, 0.05) is 12.3 Å². The zero-order valence-electron chi connectivity index (χ0n) is 9.58. The molecular weight excluding hydrogens is 243 g/mol. The van der Waals surface area contributed by atoms with E-state index in [0.29, 0.717) is 6.42 Å². The van der Waals surface area contributed by atoms with Gasteiger partial charge in [-0.15, -0.1) is 0 Å². The largest absolute Gasteiger partial charge is 0.436 e. The average Bonchev–Trinajstić information content (AvgIpc) is 2.36. The first-order valence-corrected chi connectivity index (χ1v) is 5.37. The fourth-order valence-corrected chi connectivity index (χ4v) is 1.39. The lowest BCUT2D eigenvalue weighted by molar-refractivity contribution is 0.414. The Balaban J connectivity index is 2.25. The van der Waals surface area contributed by atoms with Crippen molar-refractivity contribution in [3.8, 4) is 11.6 Å². The van der Waals surface area contributed by atoms with Crippen LogP contribution in [-0.2, 0) is 6.42 Å². The van der Waals surface area contributed by atoms with Crippen LogP contribution in [0.3, 0.4) is 0 Å². The number of aromatic nitrogens is 1. The van der Waals surface area contributed by atoms with Crippen LogP contribution in [0.4, 0.5) is 13.2 Å². The third-order valence-corrected chi connectivity index (χ3v) is 2.38. The molecule has 0 atom stereocenters. The highest BCUT2D eigenvalue weighted by molar-refractivity contribution is 5.29. The SMILES string of the molecule is CCc1cnc(Oc2ccc(F)c(F)c2)c(F)c1. The molecule has 0 saturated carbocycles. The van der Waals surface area contributed by atoms with Gasteiger partial charge in [0.05, 0.1) is 0 Å². The van der Waals surface area contributed by atoms with E-state index < -0.39 is 17.5 Å². The lowest BCUT2D eigenvalue weighted by atomic mass is 10.2. The Morgan fingerprint density at radius 1 is 1.06 bits per heavy atom. The van der Waals surface area contributed by atoms with Crippen LogP contribution in [0.15, 0.2) is 30.5 Å². The molecule has 0 amide bonds. The van der Waals surface area contributed by atoms with Gasteiger partial charge in [-0.1, -0.05) is 6.92 Å². The van der Waals surface area contributed by atoms with Crippen molar-refractivity contribution in [2.24, 2.45) is 0 Å². The second kappa shape index (κ2) is 5.08. The molecule has 2 aromatic rings. The topological polar surface area (TPSA) is 22.1 Å². The number of hydrogen-bond donors (Lipinski definition) is 0. The molecule has 2 nitrogen and oxygen atoms in total. The van der Waals surface area contributed by atoms with Gasteiger partial charge < -0.3 is 4.74 Å². The molecule has 0 bridgehead atoms. The lowest BCUT2D eigenvalue weighted by Gasteiger charge is -2.06. The van der Waals surface area contributed by atoms with Crippen LogP contribution in [0, 0.1) is 17.5 Å². The minimum absolute atomic E-state index is 0.00968. The molecular formula is C13H10F3NO. The average molecular weight is 253 g/mol.